The van der Waals surface area contributed by atoms with E-state index in [0.717, 1.165) is 0 Å². The second-order valence-corrected chi connectivity index (χ2v) is 7.91. The van der Waals surface area contributed by atoms with E-state index in [0.29, 0.717) is 0 Å². The van der Waals surface area contributed by atoms with E-state index >= 15 is 0 Å². The van der Waals surface area contributed by atoms with Gasteiger partial charge in [-0.1, -0.05) is 42.1 Å². The summed E-state index contributed by atoms with van der Waals surface area (Å²) in [5, 5.41) is 6.68. The highest BCUT2D eigenvalue weighted by Crippen LogP contribution is 2.43. The highest BCUT2D eigenvalue weighted by atomic mass is 32.2. The fraction of sp³-hybridized carbons (Fsp3) is 0.190. The summed E-state index contributed by atoms with van der Waals surface area (Å²) in [6, 6.07) is 22.5. The van der Waals surface area contributed by atoms with Crippen molar-refractivity contribution in [1.82, 2.24) is 10.3 Å². The Balaban J connectivity index is 0.000000135. The van der Waals surface area contributed by atoms with Gasteiger partial charge in [-0.25, -0.2) is 0 Å². The maximum Gasteiger partial charge on any atom is 0.0526 e. The van der Waals surface area contributed by atoms with Crippen molar-refractivity contribution in [2.75, 3.05) is 29.9 Å². The van der Waals surface area contributed by atoms with E-state index in [1.54, 1.807) is 12.4 Å². The number of anilines is 2. The quantitative estimate of drug-likeness (QED) is 0.432. The molecule has 1 saturated heterocycles. The lowest BCUT2D eigenvalue weighted by Gasteiger charge is -2.19. The zero-order valence-electron chi connectivity index (χ0n) is 14.6. The summed E-state index contributed by atoms with van der Waals surface area (Å²) in [4.78, 5) is 6.38. The van der Waals surface area contributed by atoms with E-state index in [1.807, 2.05) is 41.7 Å². The fourth-order valence-corrected chi connectivity index (χ4v) is 4.18. The summed E-state index contributed by atoms with van der Waals surface area (Å²) < 4.78 is 0. The topological polar surface area (TPSA) is 37.0 Å². The van der Waals surface area contributed by atoms with Crippen LogP contribution in [0, 0.1) is 0 Å². The number of benzene rings is 2. The monoisotopic (exact) mass is 381 g/mol. The molecular formula is C21H23N3S2. The van der Waals surface area contributed by atoms with Crippen LogP contribution in [0.3, 0.4) is 0 Å². The van der Waals surface area contributed by atoms with Crippen LogP contribution in [0.5, 0.6) is 0 Å². The van der Waals surface area contributed by atoms with Crippen molar-refractivity contribution in [3.8, 4) is 0 Å². The Morgan fingerprint density at radius 1 is 0.692 bits per heavy atom. The minimum atomic E-state index is 1.20. The summed E-state index contributed by atoms with van der Waals surface area (Å²) >= 11 is 3.85. The molecule has 0 bridgehead atoms. The van der Waals surface area contributed by atoms with Gasteiger partial charge in [0, 0.05) is 46.8 Å². The van der Waals surface area contributed by atoms with Gasteiger partial charge in [0.25, 0.3) is 0 Å². The first-order valence-corrected chi connectivity index (χ1v) is 10.7. The molecule has 0 aliphatic carbocycles. The number of aromatic nitrogens is 1. The van der Waals surface area contributed by atoms with Crippen LogP contribution in [0.25, 0.3) is 0 Å². The van der Waals surface area contributed by atoms with Crippen LogP contribution >= 0.6 is 23.5 Å². The Kier molecular flexibility index (Phi) is 7.90. The van der Waals surface area contributed by atoms with Crippen molar-refractivity contribution >= 4 is 34.9 Å². The second kappa shape index (κ2) is 10.9. The van der Waals surface area contributed by atoms with Gasteiger partial charge < -0.3 is 10.6 Å². The highest BCUT2D eigenvalue weighted by Gasteiger charge is 2.13. The molecule has 0 saturated carbocycles. The SMILES string of the molecule is C1CSCCN1.c1ccc2c(c1)Nc1ccccc1S2.c1ccncc1. The van der Waals surface area contributed by atoms with Gasteiger partial charge in [0.15, 0.2) is 0 Å². The van der Waals surface area contributed by atoms with Crippen LogP contribution in [-0.4, -0.2) is 29.6 Å². The summed E-state index contributed by atoms with van der Waals surface area (Å²) in [5.74, 6) is 2.61. The molecule has 5 heteroatoms. The molecule has 5 rings (SSSR count). The first-order valence-electron chi connectivity index (χ1n) is 8.70. The third kappa shape index (κ3) is 6.09. The van der Waals surface area contributed by atoms with Crippen LogP contribution in [0.4, 0.5) is 11.4 Å². The zero-order valence-corrected chi connectivity index (χ0v) is 16.2. The van der Waals surface area contributed by atoms with Gasteiger partial charge in [0.1, 0.15) is 0 Å². The molecule has 2 aliphatic heterocycles. The predicted octanol–water partition coefficient (Wildman–Crippen LogP) is 5.30. The zero-order chi connectivity index (χ0) is 17.9. The van der Waals surface area contributed by atoms with E-state index in [4.69, 9.17) is 0 Å². The normalized spacial score (nSPS) is 14.2. The Morgan fingerprint density at radius 2 is 1.27 bits per heavy atom. The number of para-hydroxylation sites is 2. The molecule has 3 aromatic rings. The number of nitrogens with one attached hydrogen (secondary N) is 2. The first kappa shape index (κ1) is 18.8. The molecule has 3 heterocycles. The smallest absolute Gasteiger partial charge is 0.0526 e. The Hall–Kier alpha value is -1.95. The van der Waals surface area contributed by atoms with Gasteiger partial charge in [-0.15, -0.1) is 0 Å². The lowest BCUT2D eigenvalue weighted by molar-refractivity contribution is 0.756. The number of fused-ring (bicyclic) bond motifs is 2. The molecule has 2 aromatic carbocycles. The third-order valence-corrected chi connectivity index (χ3v) is 5.81. The predicted molar refractivity (Wildman–Crippen MR) is 115 cm³/mol. The van der Waals surface area contributed by atoms with Gasteiger partial charge >= 0.3 is 0 Å². The van der Waals surface area contributed by atoms with E-state index in [9.17, 15) is 0 Å². The third-order valence-electron chi connectivity index (χ3n) is 3.68. The number of nitrogens with zero attached hydrogens (tertiary/aromatic N) is 1. The Bertz CT molecular complexity index is 651. The minimum absolute atomic E-state index is 1.20. The lowest BCUT2D eigenvalue weighted by atomic mass is 10.2. The minimum Gasteiger partial charge on any atom is -0.354 e. The summed E-state index contributed by atoms with van der Waals surface area (Å²) in [6.45, 7) is 2.43. The van der Waals surface area contributed by atoms with Crippen molar-refractivity contribution in [3.63, 3.8) is 0 Å². The van der Waals surface area contributed by atoms with Gasteiger partial charge in [-0.05, 0) is 36.4 Å². The average Bonchev–Trinajstić information content (AvgIpc) is 2.75. The Labute approximate surface area is 164 Å². The fourth-order valence-electron chi connectivity index (χ4n) is 2.41. The molecule has 1 aromatic heterocycles. The largest absolute Gasteiger partial charge is 0.354 e. The number of hydrogen-bond donors (Lipinski definition) is 2. The molecule has 26 heavy (non-hydrogen) atoms. The molecule has 0 atom stereocenters. The van der Waals surface area contributed by atoms with Gasteiger partial charge in [0.05, 0.1) is 11.4 Å². The van der Waals surface area contributed by atoms with E-state index in [-0.39, 0.29) is 0 Å². The summed E-state index contributed by atoms with van der Waals surface area (Å²) in [7, 11) is 0. The van der Waals surface area contributed by atoms with Gasteiger partial charge in [-0.2, -0.15) is 11.8 Å². The van der Waals surface area contributed by atoms with Crippen LogP contribution in [-0.2, 0) is 0 Å². The van der Waals surface area contributed by atoms with Gasteiger partial charge in [0.2, 0.25) is 0 Å². The molecular weight excluding hydrogens is 358 g/mol. The van der Waals surface area contributed by atoms with E-state index in [2.05, 4.69) is 64.1 Å². The molecule has 3 nitrogen and oxygen atoms in total. The molecule has 0 spiro atoms. The van der Waals surface area contributed by atoms with Crippen molar-refractivity contribution in [3.05, 3.63) is 79.1 Å². The summed E-state index contributed by atoms with van der Waals surface area (Å²) in [5.41, 5.74) is 2.41. The van der Waals surface area contributed by atoms with Crippen molar-refractivity contribution in [2.45, 2.75) is 9.79 Å². The number of thioether (sulfide) groups is 1. The lowest BCUT2D eigenvalue weighted by Crippen LogP contribution is -2.24. The van der Waals surface area contributed by atoms with Crippen LogP contribution in [0.15, 0.2) is 88.9 Å². The van der Waals surface area contributed by atoms with Crippen LogP contribution < -0.4 is 10.6 Å². The van der Waals surface area contributed by atoms with Crippen LogP contribution in [0.2, 0.25) is 0 Å². The summed E-state index contributed by atoms with van der Waals surface area (Å²) in [6.07, 6.45) is 3.50. The average molecular weight is 382 g/mol. The number of hydrogen-bond acceptors (Lipinski definition) is 5. The standard InChI is InChI=1S/C12H9NS.C5H5N.C4H9NS/c1-3-7-11-9(5-1)13-10-6-2-4-8-12(10)14-11;1-2-4-6-5-3-1;1-3-6-4-2-5-1/h1-8,13H;1-5H;5H,1-4H2. The molecule has 134 valence electrons. The van der Waals surface area contributed by atoms with E-state index < -0.39 is 0 Å². The first-order chi connectivity index (χ1) is 12.9. The van der Waals surface area contributed by atoms with Crippen molar-refractivity contribution in [2.24, 2.45) is 0 Å². The van der Waals surface area contributed by atoms with Gasteiger partial charge in [-0.3, -0.25) is 4.98 Å². The maximum absolute atomic E-state index is 3.78. The van der Waals surface area contributed by atoms with E-state index in [1.165, 1.54) is 45.8 Å². The molecule has 2 N–H and O–H groups in total. The molecule has 1 fully saturated rings. The molecule has 0 unspecified atom stereocenters. The van der Waals surface area contributed by atoms with Crippen molar-refractivity contribution in [1.29, 1.82) is 0 Å². The molecule has 2 aliphatic rings. The van der Waals surface area contributed by atoms with Crippen molar-refractivity contribution < 1.29 is 0 Å². The number of rotatable bonds is 0. The maximum atomic E-state index is 3.78. The number of pyridine rings is 1. The van der Waals surface area contributed by atoms with Crippen LogP contribution in [0.1, 0.15) is 0 Å². The highest BCUT2D eigenvalue weighted by molar-refractivity contribution is 7.99. The Morgan fingerprint density at radius 3 is 1.65 bits per heavy atom. The molecule has 0 radical (unpaired) electrons. The second-order valence-electron chi connectivity index (χ2n) is 5.61. The molecule has 0 amide bonds.